The Hall–Kier alpha value is -1.79. The molecule has 0 aromatic heterocycles. The Labute approximate surface area is 140 Å². The molecule has 23 heavy (non-hydrogen) atoms. The molecule has 1 aromatic rings. The molecule has 0 N–H and O–H groups in total. The molecule has 1 heterocycles. The molecule has 1 aromatic carbocycles. The van der Waals surface area contributed by atoms with Crippen LogP contribution < -0.4 is 4.74 Å². The molecule has 5 nitrogen and oxygen atoms in total. The van der Waals surface area contributed by atoms with Crippen molar-refractivity contribution < 1.29 is 19.1 Å². The van der Waals surface area contributed by atoms with Gasteiger partial charge in [-0.25, -0.2) is 0 Å². The number of thioether (sulfide) groups is 1. The number of benzene rings is 1. The summed E-state index contributed by atoms with van der Waals surface area (Å²) in [6.07, 6.45) is 1.72. The molecule has 124 valence electrons. The minimum absolute atomic E-state index is 0.265. The van der Waals surface area contributed by atoms with Gasteiger partial charge < -0.3 is 9.47 Å². The Balaban J connectivity index is 2.19. The lowest BCUT2D eigenvalue weighted by Crippen LogP contribution is -2.31. The van der Waals surface area contributed by atoms with Gasteiger partial charge in [-0.2, -0.15) is 0 Å². The van der Waals surface area contributed by atoms with E-state index in [1.54, 1.807) is 6.08 Å². The molecule has 0 unspecified atom stereocenters. The standard InChI is InChI=1S/C17H21NO4S/c1-12(2)11-22-14-7-5-4-6-13(14)10-15-16(19)18(8-9-21-3)17(20)23-15/h4-7,10,12H,8-9,11H2,1-3H3/b15-10+. The first-order chi connectivity index (χ1) is 11.0. The van der Waals surface area contributed by atoms with Gasteiger partial charge in [0.1, 0.15) is 5.75 Å². The highest BCUT2D eigenvalue weighted by Crippen LogP contribution is 2.33. The lowest BCUT2D eigenvalue weighted by atomic mass is 10.1. The molecule has 0 bridgehead atoms. The van der Waals surface area contributed by atoms with Gasteiger partial charge in [0.2, 0.25) is 0 Å². The highest BCUT2D eigenvalue weighted by molar-refractivity contribution is 8.18. The van der Waals surface area contributed by atoms with Crippen LogP contribution in [0.4, 0.5) is 4.79 Å². The largest absolute Gasteiger partial charge is 0.493 e. The van der Waals surface area contributed by atoms with Gasteiger partial charge in [-0.3, -0.25) is 14.5 Å². The first kappa shape index (κ1) is 17.6. The number of methoxy groups -OCH3 is 1. The van der Waals surface area contributed by atoms with Gasteiger partial charge >= 0.3 is 0 Å². The molecule has 1 aliphatic heterocycles. The van der Waals surface area contributed by atoms with Crippen LogP contribution in [0.5, 0.6) is 5.75 Å². The molecule has 1 saturated heterocycles. The van der Waals surface area contributed by atoms with Crippen molar-refractivity contribution >= 4 is 29.0 Å². The number of imide groups is 1. The summed E-state index contributed by atoms with van der Waals surface area (Å²) in [6, 6.07) is 7.50. The second-order valence-electron chi connectivity index (χ2n) is 5.57. The van der Waals surface area contributed by atoms with Crippen LogP contribution in [-0.4, -0.2) is 42.9 Å². The van der Waals surface area contributed by atoms with Crippen LogP contribution in [-0.2, 0) is 9.53 Å². The zero-order valence-electron chi connectivity index (χ0n) is 13.6. The van der Waals surface area contributed by atoms with Crippen LogP contribution in [0.3, 0.4) is 0 Å². The summed E-state index contributed by atoms with van der Waals surface area (Å²) >= 11 is 0.948. The fourth-order valence-electron chi connectivity index (χ4n) is 2.00. The third-order valence-corrected chi connectivity index (χ3v) is 4.08. The van der Waals surface area contributed by atoms with Gasteiger partial charge in [-0.15, -0.1) is 0 Å². The Morgan fingerprint density at radius 3 is 2.70 bits per heavy atom. The smallest absolute Gasteiger partial charge is 0.293 e. The van der Waals surface area contributed by atoms with Gasteiger partial charge in [0.15, 0.2) is 0 Å². The molecule has 0 radical (unpaired) electrons. The number of carbonyl (C=O) groups is 2. The number of para-hydroxylation sites is 1. The minimum Gasteiger partial charge on any atom is -0.493 e. The van der Waals surface area contributed by atoms with Crippen molar-refractivity contribution in [1.29, 1.82) is 0 Å². The molecule has 6 heteroatoms. The first-order valence-electron chi connectivity index (χ1n) is 7.49. The second kappa shape index (κ2) is 8.17. The van der Waals surface area contributed by atoms with E-state index >= 15 is 0 Å². The van der Waals surface area contributed by atoms with Crippen molar-refractivity contribution in [3.8, 4) is 5.75 Å². The van der Waals surface area contributed by atoms with Crippen molar-refractivity contribution in [1.82, 2.24) is 4.90 Å². The second-order valence-corrected chi connectivity index (χ2v) is 6.56. The Bertz CT molecular complexity index is 612. The maximum absolute atomic E-state index is 12.3. The number of ether oxygens (including phenoxy) is 2. The van der Waals surface area contributed by atoms with Crippen LogP contribution in [0.25, 0.3) is 6.08 Å². The Morgan fingerprint density at radius 2 is 2.00 bits per heavy atom. The average Bonchev–Trinajstić information content (AvgIpc) is 2.78. The number of hydrogen-bond donors (Lipinski definition) is 0. The van der Waals surface area contributed by atoms with Crippen LogP contribution in [0.1, 0.15) is 19.4 Å². The zero-order chi connectivity index (χ0) is 16.8. The SMILES string of the molecule is COCCN1C(=O)S/C(=C/c2ccccc2OCC(C)C)C1=O. The lowest BCUT2D eigenvalue weighted by Gasteiger charge is -2.12. The highest BCUT2D eigenvalue weighted by atomic mass is 32.2. The molecular weight excluding hydrogens is 314 g/mol. The van der Waals surface area contributed by atoms with Gasteiger partial charge in [0.25, 0.3) is 11.1 Å². The van der Waals surface area contributed by atoms with Gasteiger partial charge in [-0.05, 0) is 29.8 Å². The van der Waals surface area contributed by atoms with Crippen LogP contribution in [0.15, 0.2) is 29.2 Å². The van der Waals surface area contributed by atoms with Crippen molar-refractivity contribution in [3.63, 3.8) is 0 Å². The highest BCUT2D eigenvalue weighted by Gasteiger charge is 2.34. The number of hydrogen-bond acceptors (Lipinski definition) is 5. The zero-order valence-corrected chi connectivity index (χ0v) is 14.4. The molecule has 0 spiro atoms. The summed E-state index contributed by atoms with van der Waals surface area (Å²) < 4.78 is 10.7. The van der Waals surface area contributed by atoms with Gasteiger partial charge in [0.05, 0.1) is 24.7 Å². The average molecular weight is 335 g/mol. The molecule has 0 saturated carbocycles. The maximum atomic E-state index is 12.3. The maximum Gasteiger partial charge on any atom is 0.293 e. The summed E-state index contributed by atoms with van der Waals surface area (Å²) in [5.74, 6) is 0.838. The molecule has 1 aliphatic rings. The Kier molecular flexibility index (Phi) is 6.24. The van der Waals surface area contributed by atoms with Crippen molar-refractivity contribution in [3.05, 3.63) is 34.7 Å². The van der Waals surface area contributed by atoms with E-state index in [0.717, 1.165) is 17.3 Å². The van der Waals surface area contributed by atoms with Crippen molar-refractivity contribution in [2.24, 2.45) is 5.92 Å². The molecule has 2 amide bonds. The van der Waals surface area contributed by atoms with E-state index in [0.29, 0.717) is 29.8 Å². The molecule has 2 rings (SSSR count). The first-order valence-corrected chi connectivity index (χ1v) is 8.30. The lowest BCUT2D eigenvalue weighted by molar-refractivity contribution is -0.123. The van der Waals surface area contributed by atoms with Crippen LogP contribution in [0.2, 0.25) is 0 Å². The topological polar surface area (TPSA) is 55.8 Å². The third-order valence-electron chi connectivity index (χ3n) is 3.17. The van der Waals surface area contributed by atoms with E-state index in [1.807, 2.05) is 24.3 Å². The van der Waals surface area contributed by atoms with E-state index in [4.69, 9.17) is 9.47 Å². The molecule has 1 fully saturated rings. The predicted octanol–water partition coefficient (Wildman–Crippen LogP) is 3.40. The molecular formula is C17H21NO4S. The fraction of sp³-hybridized carbons (Fsp3) is 0.412. The fourth-order valence-corrected chi connectivity index (χ4v) is 2.86. The predicted molar refractivity (Wildman–Crippen MR) is 91.3 cm³/mol. The van der Waals surface area contributed by atoms with Gasteiger partial charge in [-0.1, -0.05) is 32.0 Å². The monoisotopic (exact) mass is 335 g/mol. The summed E-state index contributed by atoms with van der Waals surface area (Å²) in [4.78, 5) is 25.9. The van der Waals surface area contributed by atoms with E-state index in [-0.39, 0.29) is 17.7 Å². The number of rotatable bonds is 7. The Morgan fingerprint density at radius 1 is 1.26 bits per heavy atom. The van der Waals surface area contributed by atoms with E-state index in [1.165, 1.54) is 12.0 Å². The van der Waals surface area contributed by atoms with Crippen LogP contribution in [0, 0.1) is 5.92 Å². The van der Waals surface area contributed by atoms with Crippen LogP contribution >= 0.6 is 11.8 Å². The minimum atomic E-state index is -0.282. The van der Waals surface area contributed by atoms with Crippen molar-refractivity contribution in [2.45, 2.75) is 13.8 Å². The number of amides is 2. The number of nitrogens with zero attached hydrogens (tertiary/aromatic N) is 1. The number of carbonyl (C=O) groups excluding carboxylic acids is 2. The summed E-state index contributed by atoms with van der Waals surface area (Å²) in [6.45, 7) is 5.34. The summed E-state index contributed by atoms with van der Waals surface area (Å²) in [7, 11) is 1.54. The molecule has 0 atom stereocenters. The third kappa shape index (κ3) is 4.59. The van der Waals surface area contributed by atoms with Gasteiger partial charge in [0, 0.05) is 12.7 Å². The molecule has 0 aliphatic carbocycles. The van der Waals surface area contributed by atoms with E-state index < -0.39 is 0 Å². The quantitative estimate of drug-likeness (QED) is 0.715. The van der Waals surface area contributed by atoms with Crippen molar-refractivity contribution in [2.75, 3.05) is 26.9 Å². The summed E-state index contributed by atoms with van der Waals surface area (Å²) in [5, 5.41) is -0.265. The van der Waals surface area contributed by atoms with E-state index in [2.05, 4.69) is 13.8 Å². The van der Waals surface area contributed by atoms with E-state index in [9.17, 15) is 9.59 Å². The normalized spacial score (nSPS) is 16.7. The summed E-state index contributed by atoms with van der Waals surface area (Å²) in [5.41, 5.74) is 0.797.